The zero-order valence-electron chi connectivity index (χ0n) is 9.03. The van der Waals surface area contributed by atoms with Crippen LogP contribution in [0.25, 0.3) is 0 Å². The van der Waals surface area contributed by atoms with E-state index in [4.69, 9.17) is 0 Å². The third-order valence-electron chi connectivity index (χ3n) is 3.32. The highest BCUT2D eigenvalue weighted by molar-refractivity contribution is 5.05. The minimum atomic E-state index is -2.72. The summed E-state index contributed by atoms with van der Waals surface area (Å²) in [5.41, 5.74) is -1.45. The van der Waals surface area contributed by atoms with Crippen LogP contribution < -0.4 is 5.32 Å². The van der Waals surface area contributed by atoms with Crippen molar-refractivity contribution >= 4 is 0 Å². The lowest BCUT2D eigenvalue weighted by Gasteiger charge is -2.38. The summed E-state index contributed by atoms with van der Waals surface area (Å²) in [6, 6.07) is 0. The van der Waals surface area contributed by atoms with E-state index in [-0.39, 0.29) is 6.54 Å². The summed E-state index contributed by atoms with van der Waals surface area (Å²) < 4.78 is 25.3. The second kappa shape index (κ2) is 3.42. The van der Waals surface area contributed by atoms with Crippen LogP contribution in [0.15, 0.2) is 0 Å². The van der Waals surface area contributed by atoms with Gasteiger partial charge in [-0.15, -0.1) is 0 Å². The Bertz CT molecular complexity index is 213. The summed E-state index contributed by atoms with van der Waals surface area (Å²) in [4.78, 5) is 0. The number of hydrogen-bond donors (Lipinski definition) is 2. The maximum Gasteiger partial charge on any atom is 0.257 e. The smallest absolute Gasteiger partial charge is 0.257 e. The lowest BCUT2D eigenvalue weighted by atomic mass is 9.86. The predicted molar refractivity (Wildman–Crippen MR) is 51.5 cm³/mol. The van der Waals surface area contributed by atoms with Crippen LogP contribution in [0.2, 0.25) is 0 Å². The molecule has 1 saturated carbocycles. The zero-order valence-corrected chi connectivity index (χ0v) is 9.03. The molecular weight excluding hydrogens is 188 g/mol. The first-order chi connectivity index (χ1) is 6.16. The van der Waals surface area contributed by atoms with E-state index < -0.39 is 17.1 Å². The van der Waals surface area contributed by atoms with Crippen molar-refractivity contribution in [3.05, 3.63) is 0 Å². The fraction of sp³-hybridized carbons (Fsp3) is 1.00. The Morgan fingerprint density at radius 3 is 2.29 bits per heavy atom. The maximum absolute atomic E-state index is 12.7. The van der Waals surface area contributed by atoms with Crippen LogP contribution in [0.3, 0.4) is 0 Å². The molecule has 2 nitrogen and oxygen atoms in total. The third-order valence-corrected chi connectivity index (χ3v) is 3.32. The van der Waals surface area contributed by atoms with Crippen LogP contribution in [0.1, 0.15) is 40.0 Å². The van der Waals surface area contributed by atoms with Crippen molar-refractivity contribution in [3.8, 4) is 0 Å². The van der Waals surface area contributed by atoms with Gasteiger partial charge < -0.3 is 10.4 Å². The molecule has 1 aliphatic carbocycles. The molecule has 0 aromatic heterocycles. The predicted octanol–water partition coefficient (Wildman–Crippen LogP) is 1.92. The summed E-state index contributed by atoms with van der Waals surface area (Å²) in [5.74, 6) is -2.72. The normalized spacial score (nSPS) is 39.0. The SMILES string of the molecule is CC(F)(F)CNC1(C)CCCC1(C)O. The Labute approximate surface area is 83.7 Å². The molecule has 0 aromatic rings. The average Bonchev–Trinajstić information content (AvgIpc) is 2.23. The summed E-state index contributed by atoms with van der Waals surface area (Å²) in [6.07, 6.45) is 2.30. The number of aliphatic hydroxyl groups is 1. The van der Waals surface area contributed by atoms with Gasteiger partial charge in [0.1, 0.15) is 0 Å². The van der Waals surface area contributed by atoms with Crippen molar-refractivity contribution < 1.29 is 13.9 Å². The molecule has 0 saturated heterocycles. The van der Waals surface area contributed by atoms with E-state index in [2.05, 4.69) is 5.32 Å². The second-order valence-corrected chi connectivity index (χ2v) is 4.88. The molecule has 0 aromatic carbocycles. The summed E-state index contributed by atoms with van der Waals surface area (Å²) in [6.45, 7) is 4.03. The molecule has 0 aliphatic heterocycles. The molecule has 0 radical (unpaired) electrons. The highest BCUT2D eigenvalue weighted by Crippen LogP contribution is 2.38. The van der Waals surface area contributed by atoms with E-state index in [1.54, 1.807) is 6.92 Å². The van der Waals surface area contributed by atoms with Gasteiger partial charge in [0.2, 0.25) is 0 Å². The van der Waals surface area contributed by atoms with Crippen LogP contribution in [0.4, 0.5) is 8.78 Å². The van der Waals surface area contributed by atoms with Crippen molar-refractivity contribution in [2.75, 3.05) is 6.54 Å². The van der Waals surface area contributed by atoms with Gasteiger partial charge in [0.15, 0.2) is 0 Å². The first kappa shape index (κ1) is 11.9. The maximum atomic E-state index is 12.7. The fourth-order valence-corrected chi connectivity index (χ4v) is 1.96. The lowest BCUT2D eigenvalue weighted by molar-refractivity contribution is -0.0324. The van der Waals surface area contributed by atoms with Crippen LogP contribution >= 0.6 is 0 Å². The average molecular weight is 207 g/mol. The molecule has 1 aliphatic rings. The van der Waals surface area contributed by atoms with Crippen molar-refractivity contribution in [3.63, 3.8) is 0 Å². The van der Waals surface area contributed by atoms with E-state index >= 15 is 0 Å². The van der Waals surface area contributed by atoms with Crippen LogP contribution in [-0.2, 0) is 0 Å². The van der Waals surface area contributed by atoms with Gasteiger partial charge in [-0.2, -0.15) is 0 Å². The summed E-state index contributed by atoms with van der Waals surface area (Å²) >= 11 is 0. The monoisotopic (exact) mass is 207 g/mol. The molecule has 2 unspecified atom stereocenters. The molecule has 2 atom stereocenters. The molecule has 0 heterocycles. The number of hydrogen-bond acceptors (Lipinski definition) is 2. The molecule has 1 fully saturated rings. The van der Waals surface area contributed by atoms with E-state index in [0.717, 1.165) is 19.8 Å². The highest BCUT2D eigenvalue weighted by atomic mass is 19.3. The molecule has 0 spiro atoms. The molecule has 4 heteroatoms. The molecule has 0 bridgehead atoms. The fourth-order valence-electron chi connectivity index (χ4n) is 1.96. The van der Waals surface area contributed by atoms with Gasteiger partial charge in [0.25, 0.3) is 5.92 Å². The topological polar surface area (TPSA) is 32.3 Å². The molecule has 84 valence electrons. The highest BCUT2D eigenvalue weighted by Gasteiger charge is 2.47. The third kappa shape index (κ3) is 2.42. The Hall–Kier alpha value is -0.220. The van der Waals surface area contributed by atoms with E-state index in [9.17, 15) is 13.9 Å². The quantitative estimate of drug-likeness (QED) is 0.741. The van der Waals surface area contributed by atoms with Gasteiger partial charge >= 0.3 is 0 Å². The van der Waals surface area contributed by atoms with Crippen molar-refractivity contribution in [2.24, 2.45) is 0 Å². The minimum absolute atomic E-state index is 0.375. The first-order valence-electron chi connectivity index (χ1n) is 5.02. The summed E-state index contributed by atoms with van der Waals surface area (Å²) in [5, 5.41) is 12.8. The molecular formula is C10H19F2NO. The summed E-state index contributed by atoms with van der Waals surface area (Å²) in [7, 11) is 0. The van der Waals surface area contributed by atoms with Gasteiger partial charge in [0, 0.05) is 12.5 Å². The second-order valence-electron chi connectivity index (χ2n) is 4.88. The van der Waals surface area contributed by atoms with Gasteiger partial charge in [-0.05, 0) is 33.1 Å². The van der Waals surface area contributed by atoms with Gasteiger partial charge in [-0.1, -0.05) is 0 Å². The van der Waals surface area contributed by atoms with E-state index in [1.165, 1.54) is 0 Å². The van der Waals surface area contributed by atoms with Gasteiger partial charge in [-0.3, -0.25) is 0 Å². The number of rotatable bonds is 3. The molecule has 1 rings (SSSR count). The lowest BCUT2D eigenvalue weighted by Crippen LogP contribution is -2.57. The van der Waals surface area contributed by atoms with Crippen molar-refractivity contribution in [1.29, 1.82) is 0 Å². The van der Waals surface area contributed by atoms with Crippen LogP contribution in [0, 0.1) is 0 Å². The van der Waals surface area contributed by atoms with Crippen molar-refractivity contribution in [1.82, 2.24) is 5.32 Å². The largest absolute Gasteiger partial charge is 0.388 e. The number of alkyl halides is 2. The Morgan fingerprint density at radius 2 is 1.93 bits per heavy atom. The van der Waals surface area contributed by atoms with E-state index in [0.29, 0.717) is 6.42 Å². The van der Waals surface area contributed by atoms with Crippen molar-refractivity contribution in [2.45, 2.75) is 57.1 Å². The Morgan fingerprint density at radius 1 is 1.36 bits per heavy atom. The van der Waals surface area contributed by atoms with E-state index in [1.807, 2.05) is 6.92 Å². The number of nitrogens with one attached hydrogen (secondary N) is 1. The van der Waals surface area contributed by atoms with Gasteiger partial charge in [-0.25, -0.2) is 8.78 Å². The molecule has 14 heavy (non-hydrogen) atoms. The van der Waals surface area contributed by atoms with Crippen LogP contribution in [0.5, 0.6) is 0 Å². The Kier molecular flexibility index (Phi) is 2.89. The standard InChI is InChI=1S/C10H19F2NO/c1-8(13-7-10(3,11)12)5-4-6-9(8,2)14/h13-14H,4-7H2,1-3H3. The van der Waals surface area contributed by atoms with Gasteiger partial charge in [0.05, 0.1) is 12.1 Å². The zero-order chi connectivity index (χ0) is 11.0. The molecule has 0 amide bonds. The number of halogens is 2. The Balaban J connectivity index is 2.58. The minimum Gasteiger partial charge on any atom is -0.388 e. The molecule has 2 N–H and O–H groups in total. The first-order valence-corrected chi connectivity index (χ1v) is 5.02. The van der Waals surface area contributed by atoms with Crippen LogP contribution in [-0.4, -0.2) is 28.7 Å².